The van der Waals surface area contributed by atoms with E-state index in [0.29, 0.717) is 13.0 Å². The van der Waals surface area contributed by atoms with Gasteiger partial charge < -0.3 is 4.90 Å². The number of carbonyl (C=O) groups excluding carboxylic acids is 2. The third-order valence-corrected chi connectivity index (χ3v) is 6.58. The van der Waals surface area contributed by atoms with Gasteiger partial charge >= 0.3 is 0 Å². The second-order valence-corrected chi connectivity index (χ2v) is 8.41. The van der Waals surface area contributed by atoms with E-state index in [2.05, 4.69) is 11.1 Å². The van der Waals surface area contributed by atoms with Crippen LogP contribution in [0.3, 0.4) is 0 Å². The molecule has 3 aromatic rings. The Kier molecular flexibility index (Phi) is 5.53. The third kappa shape index (κ3) is 3.99. The number of carbonyl (C=O) groups is 2. The fraction of sp³-hybridized carbons (Fsp3) is 0.348. The number of piperidine rings is 1. The molecule has 1 aliphatic rings. The fourth-order valence-corrected chi connectivity index (χ4v) is 4.72. The van der Waals surface area contributed by atoms with E-state index in [-0.39, 0.29) is 17.6 Å². The van der Waals surface area contributed by atoms with Crippen LogP contribution >= 0.6 is 11.3 Å². The van der Waals surface area contributed by atoms with Gasteiger partial charge in [-0.1, -0.05) is 36.4 Å². The highest BCUT2D eigenvalue weighted by Crippen LogP contribution is 2.24. The molecule has 1 aromatic heterocycles. The Morgan fingerprint density at radius 1 is 1.18 bits per heavy atom. The van der Waals surface area contributed by atoms with E-state index in [1.807, 2.05) is 53.7 Å². The molecule has 4 rings (SSSR count). The van der Waals surface area contributed by atoms with Crippen LogP contribution in [0.4, 0.5) is 0 Å². The van der Waals surface area contributed by atoms with Gasteiger partial charge in [0.25, 0.3) is 0 Å². The van der Waals surface area contributed by atoms with Crippen molar-refractivity contribution in [2.24, 2.45) is 5.92 Å². The Hall–Kier alpha value is -2.53. The zero-order valence-electron chi connectivity index (χ0n) is 16.1. The summed E-state index contributed by atoms with van der Waals surface area (Å²) in [6, 6.07) is 14.0. The maximum atomic E-state index is 13.1. The first-order valence-electron chi connectivity index (χ1n) is 9.81. The molecule has 0 unspecified atom stereocenters. The minimum absolute atomic E-state index is 0.107. The maximum Gasteiger partial charge on any atom is 0.222 e. The number of aryl methyl sites for hydroxylation is 2. The van der Waals surface area contributed by atoms with Crippen molar-refractivity contribution in [2.75, 3.05) is 13.1 Å². The number of ketones is 1. The molecule has 1 saturated heterocycles. The van der Waals surface area contributed by atoms with Gasteiger partial charge in [0.2, 0.25) is 5.91 Å². The van der Waals surface area contributed by atoms with Gasteiger partial charge in [-0.3, -0.25) is 9.59 Å². The normalized spacial score (nSPS) is 17.0. The van der Waals surface area contributed by atoms with Crippen LogP contribution in [0.1, 0.15) is 40.2 Å². The van der Waals surface area contributed by atoms with Gasteiger partial charge in [-0.15, -0.1) is 11.3 Å². The number of likely N-dealkylation sites (tertiary alicyclic amines) is 1. The summed E-state index contributed by atoms with van der Waals surface area (Å²) in [6.07, 6.45) is 2.95. The summed E-state index contributed by atoms with van der Waals surface area (Å²) in [6.45, 7) is 3.27. The molecule has 28 heavy (non-hydrogen) atoms. The quantitative estimate of drug-likeness (QED) is 0.594. The van der Waals surface area contributed by atoms with E-state index >= 15 is 0 Å². The molecular formula is C23H24N2O2S. The zero-order valence-corrected chi connectivity index (χ0v) is 16.9. The van der Waals surface area contributed by atoms with Crippen molar-refractivity contribution < 1.29 is 9.59 Å². The maximum absolute atomic E-state index is 13.1. The van der Waals surface area contributed by atoms with Crippen LogP contribution < -0.4 is 0 Å². The van der Waals surface area contributed by atoms with Gasteiger partial charge in [0.1, 0.15) is 0 Å². The smallest absolute Gasteiger partial charge is 0.222 e. The molecule has 144 valence electrons. The van der Waals surface area contributed by atoms with Crippen molar-refractivity contribution >= 4 is 33.8 Å². The average molecular weight is 393 g/mol. The number of benzene rings is 2. The summed E-state index contributed by atoms with van der Waals surface area (Å²) in [5, 5.41) is 2.22. The van der Waals surface area contributed by atoms with Gasteiger partial charge in [-0.2, -0.15) is 0 Å². The first kappa shape index (κ1) is 18.8. The number of hydrogen-bond donors (Lipinski definition) is 0. The molecule has 0 saturated carbocycles. The topological polar surface area (TPSA) is 50.3 Å². The highest BCUT2D eigenvalue weighted by molar-refractivity contribution is 7.09. The summed E-state index contributed by atoms with van der Waals surface area (Å²) in [7, 11) is 0. The average Bonchev–Trinajstić information content (AvgIpc) is 3.16. The molecule has 1 aliphatic heterocycles. The fourth-order valence-electron chi connectivity index (χ4n) is 3.94. The van der Waals surface area contributed by atoms with Crippen LogP contribution in [-0.4, -0.2) is 34.7 Å². The van der Waals surface area contributed by atoms with Crippen LogP contribution in [0.25, 0.3) is 10.8 Å². The number of aromatic nitrogens is 1. The SMILES string of the molecule is Cc1ncsc1CCC(=O)N1CCC[C@@H](C(=O)c2ccc3ccccc3c2)C1. The predicted octanol–water partition coefficient (Wildman–Crippen LogP) is 4.66. The van der Waals surface area contributed by atoms with Gasteiger partial charge in [0.05, 0.1) is 11.2 Å². The van der Waals surface area contributed by atoms with E-state index in [1.165, 1.54) is 4.88 Å². The van der Waals surface area contributed by atoms with E-state index in [4.69, 9.17) is 0 Å². The van der Waals surface area contributed by atoms with Crippen LogP contribution in [0.5, 0.6) is 0 Å². The lowest BCUT2D eigenvalue weighted by molar-refractivity contribution is -0.132. The molecule has 2 heterocycles. The molecule has 0 N–H and O–H groups in total. The van der Waals surface area contributed by atoms with Crippen molar-refractivity contribution in [3.05, 3.63) is 64.1 Å². The number of thiazole rings is 1. The van der Waals surface area contributed by atoms with Crippen molar-refractivity contribution in [3.8, 4) is 0 Å². The van der Waals surface area contributed by atoms with Crippen LogP contribution in [0.15, 0.2) is 48.0 Å². The number of fused-ring (bicyclic) bond motifs is 1. The zero-order chi connectivity index (χ0) is 19.5. The van der Waals surface area contributed by atoms with Crippen molar-refractivity contribution in [1.82, 2.24) is 9.88 Å². The Bertz CT molecular complexity index is 1010. The lowest BCUT2D eigenvalue weighted by Gasteiger charge is -2.32. The Balaban J connectivity index is 1.41. The molecule has 0 radical (unpaired) electrons. The Morgan fingerprint density at radius 3 is 2.79 bits per heavy atom. The minimum Gasteiger partial charge on any atom is -0.342 e. The summed E-state index contributed by atoms with van der Waals surface area (Å²) >= 11 is 1.61. The summed E-state index contributed by atoms with van der Waals surface area (Å²) in [4.78, 5) is 33.0. The number of Topliss-reactive ketones (excluding diaryl/α,β-unsaturated/α-hetero) is 1. The van der Waals surface area contributed by atoms with Crippen molar-refractivity contribution in [3.63, 3.8) is 0 Å². The number of amides is 1. The summed E-state index contributed by atoms with van der Waals surface area (Å²) in [5.74, 6) is 0.189. The molecule has 2 aromatic carbocycles. The lowest BCUT2D eigenvalue weighted by atomic mass is 9.89. The van der Waals surface area contributed by atoms with Gasteiger partial charge in [0, 0.05) is 35.9 Å². The standard InChI is InChI=1S/C23H24N2O2S/c1-16-21(28-15-24-16)10-11-22(26)25-12-4-7-20(14-25)23(27)19-9-8-17-5-2-3-6-18(17)13-19/h2-3,5-6,8-9,13,15,20H,4,7,10-12,14H2,1H3/t20-/m1/s1. The highest BCUT2D eigenvalue weighted by atomic mass is 32.1. The minimum atomic E-state index is -0.107. The van der Waals surface area contributed by atoms with Gasteiger partial charge in [0.15, 0.2) is 5.78 Å². The summed E-state index contributed by atoms with van der Waals surface area (Å²) in [5.41, 5.74) is 3.59. The van der Waals surface area contributed by atoms with E-state index < -0.39 is 0 Å². The first-order valence-corrected chi connectivity index (χ1v) is 10.7. The molecule has 0 aliphatic carbocycles. The van der Waals surface area contributed by atoms with Crippen LogP contribution in [0, 0.1) is 12.8 Å². The summed E-state index contributed by atoms with van der Waals surface area (Å²) < 4.78 is 0. The number of hydrogen-bond acceptors (Lipinski definition) is 4. The molecular weight excluding hydrogens is 368 g/mol. The van der Waals surface area contributed by atoms with E-state index in [9.17, 15) is 9.59 Å². The van der Waals surface area contributed by atoms with E-state index in [0.717, 1.165) is 47.8 Å². The number of rotatable bonds is 5. The molecule has 1 fully saturated rings. The second-order valence-electron chi connectivity index (χ2n) is 7.47. The van der Waals surface area contributed by atoms with Crippen molar-refractivity contribution in [2.45, 2.75) is 32.6 Å². The Morgan fingerprint density at radius 2 is 2.00 bits per heavy atom. The molecule has 5 heteroatoms. The highest BCUT2D eigenvalue weighted by Gasteiger charge is 2.29. The van der Waals surface area contributed by atoms with Crippen LogP contribution in [0.2, 0.25) is 0 Å². The van der Waals surface area contributed by atoms with Crippen molar-refractivity contribution in [1.29, 1.82) is 0 Å². The van der Waals surface area contributed by atoms with Gasteiger partial charge in [-0.05, 0) is 43.0 Å². The molecule has 4 nitrogen and oxygen atoms in total. The largest absolute Gasteiger partial charge is 0.342 e. The molecule has 1 atom stereocenters. The van der Waals surface area contributed by atoms with E-state index in [1.54, 1.807) is 11.3 Å². The molecule has 0 bridgehead atoms. The molecule has 0 spiro atoms. The Labute approximate surface area is 169 Å². The lowest BCUT2D eigenvalue weighted by Crippen LogP contribution is -2.42. The third-order valence-electron chi connectivity index (χ3n) is 5.59. The monoisotopic (exact) mass is 392 g/mol. The second kappa shape index (κ2) is 8.23. The number of nitrogens with zero attached hydrogens (tertiary/aromatic N) is 2. The predicted molar refractivity (Wildman–Crippen MR) is 113 cm³/mol. The first-order chi connectivity index (χ1) is 13.6. The van der Waals surface area contributed by atoms with Gasteiger partial charge in [-0.25, -0.2) is 4.98 Å². The van der Waals surface area contributed by atoms with Crippen LogP contribution in [-0.2, 0) is 11.2 Å². The molecule has 1 amide bonds.